The van der Waals surface area contributed by atoms with Gasteiger partial charge in [0, 0.05) is 25.7 Å². The van der Waals surface area contributed by atoms with E-state index < -0.39 is 5.97 Å². The van der Waals surface area contributed by atoms with E-state index in [2.05, 4.69) is 34.6 Å². The van der Waals surface area contributed by atoms with Gasteiger partial charge >= 0.3 is 0 Å². The van der Waals surface area contributed by atoms with Crippen LogP contribution in [-0.4, -0.2) is 25.8 Å². The second-order valence-corrected chi connectivity index (χ2v) is 10.2. The number of rotatable bonds is 28. The van der Waals surface area contributed by atoms with Crippen LogP contribution < -0.4 is 0 Å². The van der Waals surface area contributed by atoms with Crippen LogP contribution >= 0.6 is 0 Å². The maximum atomic E-state index is 6.19. The predicted molar refractivity (Wildman–Crippen MR) is 149 cm³/mol. The van der Waals surface area contributed by atoms with Gasteiger partial charge in [-0.25, -0.2) is 0 Å². The van der Waals surface area contributed by atoms with Crippen molar-refractivity contribution in [3.8, 4) is 0 Å². The molecule has 0 N–H and O–H groups in total. The Morgan fingerprint density at radius 2 is 0.647 bits per heavy atom. The molecular weight excluding hydrogens is 420 g/mol. The average Bonchev–Trinajstić information content (AvgIpc) is 2.83. The lowest BCUT2D eigenvalue weighted by atomic mass is 9.91. The van der Waals surface area contributed by atoms with Crippen molar-refractivity contribution in [2.24, 2.45) is 5.92 Å². The van der Waals surface area contributed by atoms with E-state index in [-0.39, 0.29) is 0 Å². The summed E-state index contributed by atoms with van der Waals surface area (Å²) in [4.78, 5) is 0. The van der Waals surface area contributed by atoms with Crippen LogP contribution in [0.25, 0.3) is 0 Å². The minimum atomic E-state index is -0.848. The van der Waals surface area contributed by atoms with Crippen LogP contribution in [0, 0.1) is 5.92 Å². The van der Waals surface area contributed by atoms with Gasteiger partial charge in [-0.1, -0.05) is 136 Å². The summed E-state index contributed by atoms with van der Waals surface area (Å²) in [6.07, 6.45) is 28.4. The largest absolute Gasteiger partial charge is 0.328 e. The Hall–Kier alpha value is -0.120. The normalized spacial score (nSPS) is 13.0. The third-order valence-electron chi connectivity index (χ3n) is 7.10. The third-order valence-corrected chi connectivity index (χ3v) is 7.10. The Kier molecular flexibility index (Phi) is 25.9. The van der Waals surface area contributed by atoms with Gasteiger partial charge in [0.15, 0.2) is 0 Å². The van der Waals surface area contributed by atoms with E-state index in [1.54, 1.807) is 0 Å². The molecule has 3 nitrogen and oxygen atoms in total. The zero-order chi connectivity index (χ0) is 25.2. The van der Waals surface area contributed by atoms with E-state index in [1.165, 1.54) is 122 Å². The molecule has 1 atom stereocenters. The molecule has 0 saturated carbocycles. The van der Waals surface area contributed by atoms with Crippen molar-refractivity contribution in [2.45, 2.75) is 175 Å². The minimum Gasteiger partial charge on any atom is -0.328 e. The van der Waals surface area contributed by atoms with Crippen molar-refractivity contribution in [1.29, 1.82) is 0 Å². The van der Waals surface area contributed by atoms with Gasteiger partial charge in [-0.3, -0.25) is 0 Å². The Balaban J connectivity index is 4.32. The Morgan fingerprint density at radius 1 is 0.382 bits per heavy atom. The molecule has 0 heterocycles. The van der Waals surface area contributed by atoms with Crippen molar-refractivity contribution in [3.05, 3.63) is 0 Å². The lowest BCUT2D eigenvalue weighted by Crippen LogP contribution is -2.46. The standard InChI is InChI=1S/C31H64O3/c1-6-11-13-15-17-18-19-20-21-22-23-25-27-29-30(28-26-24-16-14-12-7-2)31(32-8-3,33-9-4)34-10-5/h30H,6-29H2,1-5H3. The molecule has 0 aliphatic heterocycles. The topological polar surface area (TPSA) is 27.7 Å². The summed E-state index contributed by atoms with van der Waals surface area (Å²) in [6, 6.07) is 0. The van der Waals surface area contributed by atoms with Crippen LogP contribution in [0.3, 0.4) is 0 Å². The first-order valence-corrected chi connectivity index (χ1v) is 15.6. The maximum Gasteiger partial charge on any atom is 0.285 e. The second kappa shape index (κ2) is 26.0. The van der Waals surface area contributed by atoms with Crippen molar-refractivity contribution < 1.29 is 14.2 Å². The van der Waals surface area contributed by atoms with E-state index in [0.717, 1.165) is 12.8 Å². The first kappa shape index (κ1) is 33.9. The minimum absolute atomic E-state index is 0.325. The number of ether oxygens (including phenoxy) is 3. The first-order chi connectivity index (χ1) is 16.7. The zero-order valence-electron chi connectivity index (χ0n) is 24.3. The van der Waals surface area contributed by atoms with E-state index in [0.29, 0.717) is 25.7 Å². The molecule has 0 spiro atoms. The summed E-state index contributed by atoms with van der Waals surface area (Å²) in [5, 5.41) is 0. The van der Waals surface area contributed by atoms with Crippen LogP contribution in [0.4, 0.5) is 0 Å². The fourth-order valence-corrected chi connectivity index (χ4v) is 5.16. The van der Waals surface area contributed by atoms with E-state index in [4.69, 9.17) is 14.2 Å². The molecule has 3 heteroatoms. The van der Waals surface area contributed by atoms with Crippen LogP contribution in [-0.2, 0) is 14.2 Å². The van der Waals surface area contributed by atoms with E-state index in [1.807, 2.05) is 0 Å². The molecule has 206 valence electrons. The number of hydrogen-bond acceptors (Lipinski definition) is 3. The van der Waals surface area contributed by atoms with Gasteiger partial charge in [0.1, 0.15) is 0 Å². The molecule has 0 fully saturated rings. The first-order valence-electron chi connectivity index (χ1n) is 15.6. The third kappa shape index (κ3) is 18.2. The van der Waals surface area contributed by atoms with Crippen molar-refractivity contribution in [3.63, 3.8) is 0 Å². The van der Waals surface area contributed by atoms with Crippen molar-refractivity contribution in [1.82, 2.24) is 0 Å². The highest BCUT2D eigenvalue weighted by atomic mass is 16.9. The van der Waals surface area contributed by atoms with Crippen LogP contribution in [0.1, 0.15) is 169 Å². The highest BCUT2D eigenvalue weighted by Crippen LogP contribution is 2.34. The Labute approximate surface area is 215 Å². The van der Waals surface area contributed by atoms with Gasteiger partial charge in [0.25, 0.3) is 5.97 Å². The van der Waals surface area contributed by atoms with E-state index in [9.17, 15) is 0 Å². The van der Waals surface area contributed by atoms with Gasteiger partial charge < -0.3 is 14.2 Å². The van der Waals surface area contributed by atoms with Crippen LogP contribution in [0.5, 0.6) is 0 Å². The molecule has 0 radical (unpaired) electrons. The van der Waals surface area contributed by atoms with Crippen molar-refractivity contribution in [2.75, 3.05) is 19.8 Å². The molecule has 0 aromatic carbocycles. The summed E-state index contributed by atoms with van der Waals surface area (Å²) in [6.45, 7) is 12.6. The predicted octanol–water partition coefficient (Wildman–Crippen LogP) is 10.6. The second-order valence-electron chi connectivity index (χ2n) is 10.2. The van der Waals surface area contributed by atoms with Gasteiger partial charge in [-0.05, 0) is 33.6 Å². The monoisotopic (exact) mass is 484 g/mol. The van der Waals surface area contributed by atoms with Gasteiger partial charge in [-0.2, -0.15) is 0 Å². The molecule has 0 saturated heterocycles. The average molecular weight is 485 g/mol. The highest BCUT2D eigenvalue weighted by molar-refractivity contribution is 4.73. The molecule has 0 aliphatic rings. The molecule has 0 rings (SSSR count). The lowest BCUT2D eigenvalue weighted by molar-refractivity contribution is -0.403. The van der Waals surface area contributed by atoms with E-state index >= 15 is 0 Å². The summed E-state index contributed by atoms with van der Waals surface area (Å²) >= 11 is 0. The maximum absolute atomic E-state index is 6.19. The molecule has 1 unspecified atom stereocenters. The number of unbranched alkanes of at least 4 members (excludes halogenated alkanes) is 17. The molecule has 0 aromatic heterocycles. The molecule has 0 aromatic rings. The Morgan fingerprint density at radius 3 is 0.912 bits per heavy atom. The van der Waals surface area contributed by atoms with Crippen molar-refractivity contribution >= 4 is 0 Å². The SMILES string of the molecule is CCCCCCCCCCCCCCCC(CCCCCCCC)C(OCC)(OCC)OCC. The van der Waals surface area contributed by atoms with Crippen LogP contribution in [0.15, 0.2) is 0 Å². The molecule has 0 amide bonds. The highest BCUT2D eigenvalue weighted by Gasteiger charge is 2.41. The van der Waals surface area contributed by atoms with Gasteiger partial charge in [0.05, 0.1) is 0 Å². The Bertz CT molecular complexity index is 368. The molecular formula is C31H64O3. The van der Waals surface area contributed by atoms with Gasteiger partial charge in [0.2, 0.25) is 0 Å². The van der Waals surface area contributed by atoms with Crippen LogP contribution in [0.2, 0.25) is 0 Å². The summed E-state index contributed by atoms with van der Waals surface area (Å²) in [7, 11) is 0. The zero-order valence-corrected chi connectivity index (χ0v) is 24.3. The lowest BCUT2D eigenvalue weighted by Gasteiger charge is -2.39. The smallest absolute Gasteiger partial charge is 0.285 e. The number of hydrogen-bond donors (Lipinski definition) is 0. The quantitative estimate of drug-likeness (QED) is 0.0816. The molecule has 0 aliphatic carbocycles. The molecule has 0 bridgehead atoms. The summed E-state index contributed by atoms with van der Waals surface area (Å²) in [5.41, 5.74) is 0. The van der Waals surface area contributed by atoms with Gasteiger partial charge in [-0.15, -0.1) is 0 Å². The summed E-state index contributed by atoms with van der Waals surface area (Å²) < 4.78 is 18.6. The fraction of sp³-hybridized carbons (Fsp3) is 1.00. The fourth-order valence-electron chi connectivity index (χ4n) is 5.16. The molecule has 34 heavy (non-hydrogen) atoms. The summed E-state index contributed by atoms with van der Waals surface area (Å²) in [5.74, 6) is -0.523.